The predicted molar refractivity (Wildman–Crippen MR) is 75.9 cm³/mol. The lowest BCUT2D eigenvalue weighted by Gasteiger charge is -2.38. The summed E-state index contributed by atoms with van der Waals surface area (Å²) < 4.78 is 0. The van der Waals surface area contributed by atoms with Gasteiger partial charge >= 0.3 is 0 Å². The summed E-state index contributed by atoms with van der Waals surface area (Å²) in [6, 6.07) is 0.294. The summed E-state index contributed by atoms with van der Waals surface area (Å²) >= 11 is 2.16. The van der Waals surface area contributed by atoms with E-state index in [1.807, 2.05) is 0 Å². The highest BCUT2D eigenvalue weighted by Gasteiger charge is 2.32. The summed E-state index contributed by atoms with van der Waals surface area (Å²) in [5, 5.41) is 1.43. The lowest BCUT2D eigenvalue weighted by atomic mass is 9.88. The van der Waals surface area contributed by atoms with Crippen LogP contribution in [-0.2, 0) is 0 Å². The zero-order valence-corrected chi connectivity index (χ0v) is 12.4. The fourth-order valence-corrected chi connectivity index (χ4v) is 4.64. The molecule has 0 aliphatic heterocycles. The van der Waals surface area contributed by atoms with E-state index in [4.69, 9.17) is 5.73 Å². The Kier molecular flexibility index (Phi) is 5.18. The molecule has 2 heteroatoms. The van der Waals surface area contributed by atoms with Gasteiger partial charge in [-0.1, -0.05) is 40.5 Å². The van der Waals surface area contributed by atoms with Crippen molar-refractivity contribution in [1.82, 2.24) is 0 Å². The second kappa shape index (κ2) is 5.77. The van der Waals surface area contributed by atoms with Gasteiger partial charge in [-0.3, -0.25) is 0 Å². The molecule has 96 valence electrons. The largest absolute Gasteiger partial charge is 0.327 e. The van der Waals surface area contributed by atoms with Crippen LogP contribution in [0.1, 0.15) is 60.3 Å². The molecule has 0 bridgehead atoms. The molecule has 0 radical (unpaired) electrons. The maximum Gasteiger partial charge on any atom is 0.0247 e. The summed E-state index contributed by atoms with van der Waals surface area (Å²) in [7, 11) is 0. The van der Waals surface area contributed by atoms with Gasteiger partial charge in [0.25, 0.3) is 0 Å². The van der Waals surface area contributed by atoms with Crippen LogP contribution in [0.15, 0.2) is 0 Å². The van der Waals surface area contributed by atoms with Gasteiger partial charge in [-0.25, -0.2) is 0 Å². The fourth-order valence-electron chi connectivity index (χ4n) is 2.83. The van der Waals surface area contributed by atoms with Crippen LogP contribution in [0.25, 0.3) is 0 Å². The maximum atomic E-state index is 6.15. The predicted octanol–water partition coefficient (Wildman–Crippen LogP) is 4.06. The van der Waals surface area contributed by atoms with E-state index in [-0.39, 0.29) is 0 Å². The van der Waals surface area contributed by atoms with E-state index in [9.17, 15) is 0 Å². The second-order valence-corrected chi connectivity index (χ2v) is 8.12. The smallest absolute Gasteiger partial charge is 0.0247 e. The molecule has 0 saturated heterocycles. The third kappa shape index (κ3) is 4.29. The quantitative estimate of drug-likeness (QED) is 0.809. The molecule has 1 rings (SSSR count). The van der Waals surface area contributed by atoms with E-state index in [0.29, 0.717) is 16.7 Å². The first-order valence-electron chi connectivity index (χ1n) is 6.71. The second-order valence-electron chi connectivity index (χ2n) is 6.68. The van der Waals surface area contributed by atoms with Crippen molar-refractivity contribution < 1.29 is 0 Å². The number of thioether (sulfide) groups is 1. The Hall–Kier alpha value is 0.310. The van der Waals surface area contributed by atoms with Crippen molar-refractivity contribution in [2.24, 2.45) is 17.1 Å². The topological polar surface area (TPSA) is 26.0 Å². The van der Waals surface area contributed by atoms with E-state index in [0.717, 1.165) is 11.2 Å². The molecule has 0 aromatic rings. The standard InChI is InChI=1S/C14H29NS/c1-10-7-6-8-12(9-10)16-13(11(2)15)14(3,4)5/h10-13H,6-9,15H2,1-5H3. The lowest BCUT2D eigenvalue weighted by Crippen LogP contribution is -2.40. The summed E-state index contributed by atoms with van der Waals surface area (Å²) in [6.07, 6.45) is 5.63. The maximum absolute atomic E-state index is 6.15. The van der Waals surface area contributed by atoms with E-state index in [2.05, 4.69) is 46.4 Å². The molecule has 1 aliphatic rings. The third-order valence-electron chi connectivity index (χ3n) is 3.56. The van der Waals surface area contributed by atoms with Crippen molar-refractivity contribution in [1.29, 1.82) is 0 Å². The van der Waals surface area contributed by atoms with Crippen LogP contribution in [0, 0.1) is 11.3 Å². The summed E-state index contributed by atoms with van der Waals surface area (Å²) in [4.78, 5) is 0. The van der Waals surface area contributed by atoms with Crippen LogP contribution in [0.4, 0.5) is 0 Å². The molecule has 0 spiro atoms. The first kappa shape index (κ1) is 14.4. The van der Waals surface area contributed by atoms with E-state index in [1.165, 1.54) is 25.7 Å². The molecule has 1 fully saturated rings. The van der Waals surface area contributed by atoms with E-state index < -0.39 is 0 Å². The third-order valence-corrected chi connectivity index (χ3v) is 5.80. The van der Waals surface area contributed by atoms with Crippen LogP contribution in [0.2, 0.25) is 0 Å². The van der Waals surface area contributed by atoms with Gasteiger partial charge in [0.05, 0.1) is 0 Å². The minimum atomic E-state index is 0.294. The molecule has 1 aliphatic carbocycles. The SMILES string of the molecule is CC1CCCC(SC(C(C)N)C(C)(C)C)C1. The van der Waals surface area contributed by atoms with Gasteiger partial charge < -0.3 is 5.73 Å². The summed E-state index contributed by atoms with van der Waals surface area (Å²) in [6.45, 7) is 11.5. The Bertz CT molecular complexity index is 207. The number of rotatable bonds is 3. The Morgan fingerprint density at radius 2 is 1.88 bits per heavy atom. The van der Waals surface area contributed by atoms with Gasteiger partial charge in [-0.2, -0.15) is 11.8 Å². The number of hydrogen-bond acceptors (Lipinski definition) is 2. The molecule has 4 atom stereocenters. The first-order valence-corrected chi connectivity index (χ1v) is 7.66. The lowest BCUT2D eigenvalue weighted by molar-refractivity contribution is 0.354. The molecule has 4 unspecified atom stereocenters. The Morgan fingerprint density at radius 1 is 1.25 bits per heavy atom. The molecular weight excluding hydrogens is 214 g/mol. The first-order chi connectivity index (χ1) is 7.30. The van der Waals surface area contributed by atoms with Crippen LogP contribution in [-0.4, -0.2) is 16.5 Å². The zero-order chi connectivity index (χ0) is 12.3. The van der Waals surface area contributed by atoms with Gasteiger partial charge in [0.1, 0.15) is 0 Å². The number of nitrogens with two attached hydrogens (primary N) is 1. The highest BCUT2D eigenvalue weighted by molar-refractivity contribution is 8.00. The van der Waals surface area contributed by atoms with Crippen LogP contribution in [0.5, 0.6) is 0 Å². The van der Waals surface area contributed by atoms with Crippen molar-refractivity contribution in [3.63, 3.8) is 0 Å². The molecule has 0 heterocycles. The van der Waals surface area contributed by atoms with Crippen LogP contribution in [0.3, 0.4) is 0 Å². The minimum absolute atomic E-state index is 0.294. The van der Waals surface area contributed by atoms with Gasteiger partial charge in [0.15, 0.2) is 0 Å². The van der Waals surface area contributed by atoms with E-state index >= 15 is 0 Å². The highest BCUT2D eigenvalue weighted by atomic mass is 32.2. The fraction of sp³-hybridized carbons (Fsp3) is 1.00. The van der Waals surface area contributed by atoms with Gasteiger partial charge in [-0.15, -0.1) is 0 Å². The van der Waals surface area contributed by atoms with Crippen LogP contribution >= 0.6 is 11.8 Å². The van der Waals surface area contributed by atoms with Crippen LogP contribution < -0.4 is 5.73 Å². The molecular formula is C14H29NS. The summed E-state index contributed by atoms with van der Waals surface area (Å²) in [5.74, 6) is 0.917. The number of hydrogen-bond donors (Lipinski definition) is 1. The van der Waals surface area contributed by atoms with Crippen molar-refractivity contribution in [2.45, 2.75) is 76.8 Å². The molecule has 0 amide bonds. The van der Waals surface area contributed by atoms with E-state index in [1.54, 1.807) is 0 Å². The van der Waals surface area contributed by atoms with Crippen molar-refractivity contribution in [3.8, 4) is 0 Å². The van der Waals surface area contributed by atoms with Crippen molar-refractivity contribution in [2.75, 3.05) is 0 Å². The van der Waals surface area contributed by atoms with Crippen molar-refractivity contribution >= 4 is 11.8 Å². The average molecular weight is 243 g/mol. The molecule has 1 saturated carbocycles. The Labute approximate surface area is 106 Å². The molecule has 0 aromatic carbocycles. The van der Waals surface area contributed by atoms with Gasteiger partial charge in [-0.05, 0) is 31.1 Å². The molecule has 16 heavy (non-hydrogen) atoms. The molecule has 2 N–H and O–H groups in total. The van der Waals surface area contributed by atoms with Crippen molar-refractivity contribution in [3.05, 3.63) is 0 Å². The molecule has 1 nitrogen and oxygen atoms in total. The Balaban J connectivity index is 2.54. The minimum Gasteiger partial charge on any atom is -0.327 e. The molecule has 0 aromatic heterocycles. The van der Waals surface area contributed by atoms with Gasteiger partial charge in [0.2, 0.25) is 0 Å². The Morgan fingerprint density at radius 3 is 2.31 bits per heavy atom. The zero-order valence-electron chi connectivity index (χ0n) is 11.6. The van der Waals surface area contributed by atoms with Gasteiger partial charge in [0, 0.05) is 16.5 Å². The average Bonchev–Trinajstić information content (AvgIpc) is 2.12. The highest BCUT2D eigenvalue weighted by Crippen LogP contribution is 2.40. The normalized spacial score (nSPS) is 31.1. The monoisotopic (exact) mass is 243 g/mol. The summed E-state index contributed by atoms with van der Waals surface area (Å²) in [5.41, 5.74) is 6.47.